The summed E-state index contributed by atoms with van der Waals surface area (Å²) in [5.74, 6) is -0.489. The van der Waals surface area contributed by atoms with E-state index in [1.165, 1.54) is 18.3 Å². The van der Waals surface area contributed by atoms with E-state index in [1.807, 2.05) is 12.3 Å². The van der Waals surface area contributed by atoms with Gasteiger partial charge in [0.25, 0.3) is 0 Å². The molecule has 2 aromatic heterocycles. The summed E-state index contributed by atoms with van der Waals surface area (Å²) in [5.41, 5.74) is 0.678. The largest absolute Gasteiger partial charge is 0.305 e. The predicted octanol–water partition coefficient (Wildman–Crippen LogP) is 0.974. The van der Waals surface area contributed by atoms with Crippen LogP contribution in [0.2, 0.25) is 0 Å². The molecule has 2 N–H and O–H groups in total. The molecule has 0 unspecified atom stereocenters. The van der Waals surface area contributed by atoms with E-state index in [4.69, 9.17) is 0 Å². The van der Waals surface area contributed by atoms with Crippen LogP contribution in [0.3, 0.4) is 0 Å². The number of carbonyl (C=O) groups excluding carboxylic acids is 2. The Balaban J connectivity index is 1.99. The van der Waals surface area contributed by atoms with Crippen molar-refractivity contribution in [3.05, 3.63) is 16.1 Å². The molecule has 0 saturated heterocycles. The van der Waals surface area contributed by atoms with Gasteiger partial charge in [0.15, 0.2) is 0 Å². The maximum atomic E-state index is 11.8. The summed E-state index contributed by atoms with van der Waals surface area (Å²) < 4.78 is 4.46. The Morgan fingerprint density at radius 1 is 1.32 bits per heavy atom. The number of thiazole rings is 1. The molecule has 0 aromatic carbocycles. The Labute approximate surface area is 112 Å². The van der Waals surface area contributed by atoms with Crippen molar-refractivity contribution in [3.63, 3.8) is 0 Å². The SMILES string of the molecule is CC(=O)Nc1nonc1NC(=O)Cc1csc(C)n1. The highest BCUT2D eigenvalue weighted by molar-refractivity contribution is 7.09. The molecule has 2 rings (SSSR count). The summed E-state index contributed by atoms with van der Waals surface area (Å²) in [6.07, 6.45) is 0.122. The molecule has 0 radical (unpaired) electrons. The molecule has 2 aromatic rings. The Hall–Kier alpha value is -2.29. The lowest BCUT2D eigenvalue weighted by Crippen LogP contribution is -2.17. The maximum absolute atomic E-state index is 11.8. The molecule has 0 saturated carbocycles. The van der Waals surface area contributed by atoms with Gasteiger partial charge in [0.05, 0.1) is 17.1 Å². The van der Waals surface area contributed by atoms with Gasteiger partial charge in [0.1, 0.15) is 0 Å². The second-order valence-corrected chi connectivity index (χ2v) is 4.79. The zero-order chi connectivity index (χ0) is 13.8. The highest BCUT2D eigenvalue weighted by Gasteiger charge is 2.15. The van der Waals surface area contributed by atoms with E-state index in [0.717, 1.165) is 5.01 Å². The topological polar surface area (TPSA) is 110 Å². The van der Waals surface area contributed by atoms with E-state index in [-0.39, 0.29) is 29.9 Å². The predicted molar refractivity (Wildman–Crippen MR) is 67.8 cm³/mol. The van der Waals surface area contributed by atoms with Crippen LogP contribution in [0.5, 0.6) is 0 Å². The summed E-state index contributed by atoms with van der Waals surface area (Å²) >= 11 is 1.47. The van der Waals surface area contributed by atoms with Crippen LogP contribution in [0.4, 0.5) is 11.6 Å². The van der Waals surface area contributed by atoms with Gasteiger partial charge in [-0.15, -0.1) is 11.3 Å². The molecule has 2 amide bonds. The van der Waals surface area contributed by atoms with Crippen LogP contribution in [-0.4, -0.2) is 27.1 Å². The van der Waals surface area contributed by atoms with E-state index in [9.17, 15) is 9.59 Å². The standard InChI is InChI=1S/C10H11N5O3S/c1-5(16)11-9-10(15-18-14-9)13-8(17)3-7-4-19-6(2)12-7/h4H,3H2,1-2H3,(H,11,14,16)(H,13,15,17). The van der Waals surface area contributed by atoms with Crippen molar-refractivity contribution >= 4 is 34.8 Å². The second kappa shape index (κ2) is 5.57. The number of aryl methyl sites for hydroxylation is 1. The summed E-state index contributed by atoms with van der Waals surface area (Å²) in [6, 6.07) is 0. The van der Waals surface area contributed by atoms with Crippen LogP contribution >= 0.6 is 11.3 Å². The van der Waals surface area contributed by atoms with Gasteiger partial charge in [-0.3, -0.25) is 9.59 Å². The molecule has 19 heavy (non-hydrogen) atoms. The van der Waals surface area contributed by atoms with Crippen molar-refractivity contribution in [2.45, 2.75) is 20.3 Å². The third-order valence-electron chi connectivity index (χ3n) is 2.05. The molecule has 0 fully saturated rings. The maximum Gasteiger partial charge on any atom is 0.231 e. The lowest BCUT2D eigenvalue weighted by Gasteiger charge is -2.01. The van der Waals surface area contributed by atoms with Gasteiger partial charge in [-0.2, -0.15) is 0 Å². The van der Waals surface area contributed by atoms with Crippen molar-refractivity contribution in [2.24, 2.45) is 0 Å². The quantitative estimate of drug-likeness (QED) is 0.864. The first-order valence-corrected chi connectivity index (χ1v) is 6.23. The number of nitrogens with zero attached hydrogens (tertiary/aromatic N) is 3. The van der Waals surface area contributed by atoms with Crippen LogP contribution < -0.4 is 10.6 Å². The van der Waals surface area contributed by atoms with Crippen LogP contribution in [-0.2, 0) is 16.0 Å². The van der Waals surface area contributed by atoms with Gasteiger partial charge in [-0.1, -0.05) is 0 Å². The van der Waals surface area contributed by atoms with Crippen LogP contribution in [0.15, 0.2) is 10.0 Å². The van der Waals surface area contributed by atoms with Gasteiger partial charge in [-0.25, -0.2) is 9.61 Å². The van der Waals surface area contributed by atoms with E-state index < -0.39 is 0 Å². The molecule has 8 nitrogen and oxygen atoms in total. The van der Waals surface area contributed by atoms with Crippen molar-refractivity contribution in [2.75, 3.05) is 10.6 Å². The zero-order valence-electron chi connectivity index (χ0n) is 10.3. The Kier molecular flexibility index (Phi) is 3.85. The second-order valence-electron chi connectivity index (χ2n) is 3.73. The van der Waals surface area contributed by atoms with Gasteiger partial charge in [-0.05, 0) is 17.2 Å². The van der Waals surface area contributed by atoms with Crippen molar-refractivity contribution in [3.8, 4) is 0 Å². The molecule has 2 heterocycles. The Morgan fingerprint density at radius 3 is 2.58 bits per heavy atom. The lowest BCUT2D eigenvalue weighted by atomic mass is 10.3. The first kappa shape index (κ1) is 13.1. The Bertz CT molecular complexity index is 606. The number of nitrogens with one attached hydrogen (secondary N) is 2. The number of anilines is 2. The van der Waals surface area contributed by atoms with Gasteiger partial charge in [0.2, 0.25) is 23.5 Å². The first-order valence-electron chi connectivity index (χ1n) is 5.35. The van der Waals surface area contributed by atoms with Crippen molar-refractivity contribution in [1.29, 1.82) is 0 Å². The van der Waals surface area contributed by atoms with E-state index in [0.29, 0.717) is 5.69 Å². The minimum Gasteiger partial charge on any atom is -0.305 e. The number of hydrogen-bond donors (Lipinski definition) is 2. The van der Waals surface area contributed by atoms with E-state index in [2.05, 4.69) is 30.6 Å². The third-order valence-corrected chi connectivity index (χ3v) is 2.87. The minimum atomic E-state index is -0.332. The molecular formula is C10H11N5O3S. The van der Waals surface area contributed by atoms with Crippen molar-refractivity contribution < 1.29 is 14.2 Å². The molecule has 0 aliphatic rings. The van der Waals surface area contributed by atoms with E-state index in [1.54, 1.807) is 0 Å². The molecule has 100 valence electrons. The number of hydrogen-bond acceptors (Lipinski definition) is 7. The van der Waals surface area contributed by atoms with Gasteiger partial charge in [0, 0.05) is 12.3 Å². The number of carbonyl (C=O) groups is 2. The fourth-order valence-corrected chi connectivity index (χ4v) is 1.96. The fraction of sp³-hybridized carbons (Fsp3) is 0.300. The summed E-state index contributed by atoms with van der Waals surface area (Å²) in [7, 11) is 0. The third kappa shape index (κ3) is 3.58. The normalized spacial score (nSPS) is 10.2. The fourth-order valence-electron chi connectivity index (χ4n) is 1.35. The Morgan fingerprint density at radius 2 is 2.00 bits per heavy atom. The van der Waals surface area contributed by atoms with Gasteiger partial charge >= 0.3 is 0 Å². The van der Waals surface area contributed by atoms with Crippen LogP contribution in [0.25, 0.3) is 0 Å². The molecule has 0 aliphatic heterocycles. The molecule has 9 heteroatoms. The van der Waals surface area contributed by atoms with Gasteiger partial charge < -0.3 is 10.6 Å². The number of rotatable bonds is 4. The highest BCUT2D eigenvalue weighted by atomic mass is 32.1. The molecule has 0 atom stereocenters. The summed E-state index contributed by atoms with van der Waals surface area (Å²) in [5, 5.41) is 14.6. The lowest BCUT2D eigenvalue weighted by molar-refractivity contribution is -0.116. The molecular weight excluding hydrogens is 270 g/mol. The molecule has 0 bridgehead atoms. The summed E-state index contributed by atoms with van der Waals surface area (Å²) in [6.45, 7) is 3.18. The minimum absolute atomic E-state index is 0.0761. The molecule has 0 aliphatic carbocycles. The highest BCUT2D eigenvalue weighted by Crippen LogP contribution is 2.16. The average Bonchev–Trinajstić information content (AvgIpc) is 2.88. The average molecular weight is 281 g/mol. The number of amides is 2. The monoisotopic (exact) mass is 281 g/mol. The summed E-state index contributed by atoms with van der Waals surface area (Å²) in [4.78, 5) is 26.8. The van der Waals surface area contributed by atoms with Crippen LogP contribution in [0, 0.1) is 6.92 Å². The smallest absolute Gasteiger partial charge is 0.231 e. The zero-order valence-corrected chi connectivity index (χ0v) is 11.1. The van der Waals surface area contributed by atoms with Crippen LogP contribution in [0.1, 0.15) is 17.6 Å². The van der Waals surface area contributed by atoms with Crippen molar-refractivity contribution in [1.82, 2.24) is 15.3 Å². The number of aromatic nitrogens is 3. The molecule has 0 spiro atoms. The first-order chi connectivity index (χ1) is 9.04. The van der Waals surface area contributed by atoms with E-state index >= 15 is 0 Å².